The molecule has 1 unspecified atom stereocenters. The number of hydrogen-bond donors (Lipinski definition) is 2. The van der Waals surface area contributed by atoms with E-state index in [1.54, 1.807) is 37.4 Å². The minimum atomic E-state index is -1.23. The number of rotatable bonds is 1. The molecule has 3 aliphatic rings. The van der Waals surface area contributed by atoms with Crippen molar-refractivity contribution < 1.29 is 19.0 Å². The lowest BCUT2D eigenvalue weighted by atomic mass is 9.67. The molecule has 0 saturated heterocycles. The molecule has 1 aromatic heterocycles. The third kappa shape index (κ3) is 2.48. The molecule has 0 bridgehead atoms. The van der Waals surface area contributed by atoms with Gasteiger partial charge in [-0.3, -0.25) is 9.69 Å². The number of amides is 1. The molecule has 3 N–H and O–H groups in total. The van der Waals surface area contributed by atoms with E-state index >= 15 is 0 Å². The highest BCUT2D eigenvalue weighted by Crippen LogP contribution is 2.53. The van der Waals surface area contributed by atoms with E-state index in [-0.39, 0.29) is 23.9 Å². The number of nitrogens with two attached hydrogens (primary N) is 1. The Bertz CT molecular complexity index is 1040. The highest BCUT2D eigenvalue weighted by atomic mass is 19.1. The van der Waals surface area contributed by atoms with Crippen molar-refractivity contribution in [2.24, 2.45) is 16.6 Å². The van der Waals surface area contributed by atoms with Crippen LogP contribution in [-0.4, -0.2) is 46.1 Å². The molecular weight excluding hydrogens is 375 g/mol. The topological polar surface area (TPSA) is 101 Å². The fraction of sp³-hybridized carbons (Fsp3) is 0.381. The number of aliphatic hydroxyl groups excluding tert-OH is 1. The van der Waals surface area contributed by atoms with Crippen LogP contribution in [0.5, 0.6) is 5.75 Å². The smallest absolute Gasteiger partial charge is 0.262 e. The summed E-state index contributed by atoms with van der Waals surface area (Å²) in [6.07, 6.45) is 2.13. The molecule has 3 heterocycles. The van der Waals surface area contributed by atoms with Crippen molar-refractivity contribution in [2.45, 2.75) is 37.0 Å². The zero-order chi connectivity index (χ0) is 20.3. The van der Waals surface area contributed by atoms with Crippen molar-refractivity contribution in [1.82, 2.24) is 9.88 Å². The standard InChI is InChI=1S/C21H21FN4O3/c1-26-19(28)21(25-20(26)23)14-6-5-12(27)10-17(14)29-16-7-4-11(9-15(16)21)13-3-2-8-24-18(13)22/h2-4,7-9,12,14,17,27H,5-6,10H2,1H3,(H2,23,25)/t12?,14-,17-,21+/m0/s1. The Hall–Kier alpha value is -3.00. The quantitative estimate of drug-likeness (QED) is 0.716. The molecule has 1 spiro atoms. The average Bonchev–Trinajstić information content (AvgIpc) is 2.93. The van der Waals surface area contributed by atoms with E-state index < -0.39 is 17.6 Å². The number of hydrogen-bond acceptors (Lipinski definition) is 6. The number of fused-ring (bicyclic) bond motifs is 4. The number of aromatic nitrogens is 1. The molecule has 5 rings (SSSR count). The van der Waals surface area contributed by atoms with Gasteiger partial charge in [0.25, 0.3) is 5.91 Å². The van der Waals surface area contributed by atoms with Crippen LogP contribution in [0.3, 0.4) is 0 Å². The molecule has 29 heavy (non-hydrogen) atoms. The maximum Gasteiger partial charge on any atom is 0.262 e. The van der Waals surface area contributed by atoms with E-state index in [2.05, 4.69) is 9.98 Å². The SMILES string of the molecule is CN1C(=O)[C@]2(N=C1N)c1cc(-c3cccnc3F)ccc1O[C@H]1CC(O)CC[C@@H]12. The Labute approximate surface area is 167 Å². The zero-order valence-corrected chi connectivity index (χ0v) is 15.9. The van der Waals surface area contributed by atoms with Gasteiger partial charge in [0.1, 0.15) is 11.9 Å². The summed E-state index contributed by atoms with van der Waals surface area (Å²) >= 11 is 0. The van der Waals surface area contributed by atoms with Gasteiger partial charge in [0, 0.05) is 36.7 Å². The van der Waals surface area contributed by atoms with Crippen LogP contribution < -0.4 is 10.5 Å². The molecule has 1 amide bonds. The van der Waals surface area contributed by atoms with Gasteiger partial charge >= 0.3 is 0 Å². The number of ether oxygens (including phenoxy) is 1. The van der Waals surface area contributed by atoms with E-state index in [0.29, 0.717) is 41.7 Å². The molecule has 1 saturated carbocycles. The lowest BCUT2D eigenvalue weighted by Gasteiger charge is -2.46. The first-order chi connectivity index (χ1) is 13.9. The second-order valence-corrected chi connectivity index (χ2v) is 7.88. The van der Waals surface area contributed by atoms with Crippen LogP contribution in [0, 0.1) is 11.9 Å². The van der Waals surface area contributed by atoms with Gasteiger partial charge in [0.05, 0.1) is 6.10 Å². The van der Waals surface area contributed by atoms with Crippen LogP contribution in [0.25, 0.3) is 11.1 Å². The number of nitrogens with zero attached hydrogens (tertiary/aromatic N) is 3. The number of carbonyl (C=O) groups is 1. The summed E-state index contributed by atoms with van der Waals surface area (Å²) in [5.74, 6) is -0.424. The van der Waals surface area contributed by atoms with Gasteiger partial charge in [-0.1, -0.05) is 6.07 Å². The summed E-state index contributed by atoms with van der Waals surface area (Å²) in [6, 6.07) is 8.52. The van der Waals surface area contributed by atoms with E-state index in [1.807, 2.05) is 0 Å². The summed E-state index contributed by atoms with van der Waals surface area (Å²) in [5, 5.41) is 10.1. The van der Waals surface area contributed by atoms with E-state index in [9.17, 15) is 14.3 Å². The van der Waals surface area contributed by atoms with Crippen LogP contribution in [0.1, 0.15) is 24.8 Å². The minimum absolute atomic E-state index is 0.144. The zero-order valence-electron chi connectivity index (χ0n) is 15.9. The fourth-order valence-corrected chi connectivity index (χ4v) is 4.86. The third-order valence-electron chi connectivity index (χ3n) is 6.30. The van der Waals surface area contributed by atoms with E-state index in [4.69, 9.17) is 10.5 Å². The Morgan fingerprint density at radius 1 is 1.34 bits per heavy atom. The minimum Gasteiger partial charge on any atom is -0.490 e. The van der Waals surface area contributed by atoms with Crippen LogP contribution >= 0.6 is 0 Å². The van der Waals surface area contributed by atoms with Gasteiger partial charge in [0.2, 0.25) is 5.95 Å². The van der Waals surface area contributed by atoms with Crippen LogP contribution in [0.4, 0.5) is 4.39 Å². The molecule has 1 fully saturated rings. The Morgan fingerprint density at radius 2 is 2.17 bits per heavy atom. The van der Waals surface area contributed by atoms with Gasteiger partial charge in [-0.15, -0.1) is 0 Å². The second-order valence-electron chi connectivity index (χ2n) is 7.88. The van der Waals surface area contributed by atoms with E-state index in [0.717, 1.165) is 0 Å². The second kappa shape index (κ2) is 6.25. The normalized spacial score (nSPS) is 30.6. The lowest BCUT2D eigenvalue weighted by Crippen LogP contribution is -2.55. The Kier molecular flexibility index (Phi) is 3.89. The predicted molar refractivity (Wildman–Crippen MR) is 103 cm³/mol. The van der Waals surface area contributed by atoms with Crippen molar-refractivity contribution in [2.75, 3.05) is 7.05 Å². The largest absolute Gasteiger partial charge is 0.490 e. The third-order valence-corrected chi connectivity index (χ3v) is 6.30. The first-order valence-corrected chi connectivity index (χ1v) is 9.65. The van der Waals surface area contributed by atoms with Gasteiger partial charge in [-0.2, -0.15) is 4.39 Å². The summed E-state index contributed by atoms with van der Waals surface area (Å²) in [5.41, 5.74) is 6.32. The lowest BCUT2D eigenvalue weighted by molar-refractivity contribution is -0.138. The maximum absolute atomic E-state index is 14.3. The van der Waals surface area contributed by atoms with Crippen LogP contribution in [0.2, 0.25) is 0 Å². The van der Waals surface area contributed by atoms with Gasteiger partial charge in [-0.05, 0) is 42.7 Å². The number of benzene rings is 1. The van der Waals surface area contributed by atoms with Gasteiger partial charge in [0.15, 0.2) is 11.5 Å². The maximum atomic E-state index is 14.3. The highest BCUT2D eigenvalue weighted by Gasteiger charge is 2.60. The fourth-order valence-electron chi connectivity index (χ4n) is 4.86. The summed E-state index contributed by atoms with van der Waals surface area (Å²) < 4.78 is 20.5. The molecule has 8 heteroatoms. The first kappa shape index (κ1) is 18.1. The molecule has 4 atom stereocenters. The molecular formula is C21H21FN4O3. The number of halogens is 1. The van der Waals surface area contributed by atoms with Crippen molar-refractivity contribution in [3.05, 3.63) is 48.0 Å². The predicted octanol–water partition coefficient (Wildman–Crippen LogP) is 1.79. The summed E-state index contributed by atoms with van der Waals surface area (Å²) in [6.45, 7) is 0. The van der Waals surface area contributed by atoms with Crippen LogP contribution in [-0.2, 0) is 10.3 Å². The Balaban J connectivity index is 1.73. The molecule has 2 aromatic rings. The molecule has 2 aliphatic heterocycles. The molecule has 0 radical (unpaired) electrons. The van der Waals surface area contributed by atoms with Crippen LogP contribution in [0.15, 0.2) is 41.5 Å². The number of guanidine groups is 1. The van der Waals surface area contributed by atoms with Gasteiger partial charge in [-0.25, -0.2) is 9.98 Å². The molecule has 1 aromatic carbocycles. The average molecular weight is 396 g/mol. The number of pyridine rings is 1. The number of aliphatic imine (C=N–C) groups is 1. The summed E-state index contributed by atoms with van der Waals surface area (Å²) in [4.78, 5) is 23.2. The van der Waals surface area contributed by atoms with Crippen molar-refractivity contribution in [3.63, 3.8) is 0 Å². The molecule has 7 nitrogen and oxygen atoms in total. The number of likely N-dealkylation sites (N-methyl/N-ethyl adjacent to an activating group) is 1. The number of carbonyl (C=O) groups excluding carboxylic acids is 1. The van der Waals surface area contributed by atoms with Gasteiger partial charge < -0.3 is 15.6 Å². The van der Waals surface area contributed by atoms with E-state index in [1.165, 1.54) is 11.1 Å². The van der Waals surface area contributed by atoms with Crippen molar-refractivity contribution in [1.29, 1.82) is 0 Å². The monoisotopic (exact) mass is 396 g/mol. The summed E-state index contributed by atoms with van der Waals surface area (Å²) in [7, 11) is 1.60. The Morgan fingerprint density at radius 3 is 2.90 bits per heavy atom. The highest BCUT2D eigenvalue weighted by molar-refractivity contribution is 6.07. The molecule has 1 aliphatic carbocycles. The van der Waals surface area contributed by atoms with Crippen molar-refractivity contribution in [3.8, 4) is 16.9 Å². The number of aliphatic hydroxyl groups is 1. The molecule has 150 valence electrons. The first-order valence-electron chi connectivity index (χ1n) is 9.65. The van der Waals surface area contributed by atoms with Crippen molar-refractivity contribution >= 4 is 11.9 Å².